The molecular formula is C10H19N2Si. The third-order valence-electron chi connectivity index (χ3n) is 2.33. The summed E-state index contributed by atoms with van der Waals surface area (Å²) in [5.74, 6) is 0. The van der Waals surface area contributed by atoms with Crippen LogP contribution in [0.3, 0.4) is 0 Å². The standard InChI is InChI=1S/C10H19N2Si/c1-11-8-9-12-13(2,3)10-6-4-5-7-10/h4-7,11-12H,8-9H2,1-3H3. The lowest BCUT2D eigenvalue weighted by Crippen LogP contribution is -2.48. The minimum Gasteiger partial charge on any atom is -0.333 e. The van der Waals surface area contributed by atoms with Crippen LogP contribution < -0.4 is 10.3 Å². The predicted octanol–water partition coefficient (Wildman–Crippen LogP) is 1.24. The Hall–Kier alpha value is -0.383. The van der Waals surface area contributed by atoms with Crippen molar-refractivity contribution in [2.75, 3.05) is 20.1 Å². The van der Waals surface area contributed by atoms with Gasteiger partial charge in [0.05, 0.1) is 0 Å². The molecule has 0 amide bonds. The van der Waals surface area contributed by atoms with E-state index < -0.39 is 8.24 Å². The van der Waals surface area contributed by atoms with Gasteiger partial charge in [-0.2, -0.15) is 0 Å². The highest BCUT2D eigenvalue weighted by Gasteiger charge is 2.25. The van der Waals surface area contributed by atoms with Crippen molar-refractivity contribution >= 4 is 8.24 Å². The molecule has 0 saturated heterocycles. The van der Waals surface area contributed by atoms with Crippen LogP contribution in [0.15, 0.2) is 23.4 Å². The molecular weight excluding hydrogens is 176 g/mol. The van der Waals surface area contributed by atoms with Crippen molar-refractivity contribution in [1.82, 2.24) is 10.3 Å². The molecule has 0 atom stereocenters. The summed E-state index contributed by atoms with van der Waals surface area (Å²) in [5, 5.41) is 4.63. The van der Waals surface area contributed by atoms with Gasteiger partial charge in [-0.15, -0.1) is 0 Å². The number of rotatable bonds is 5. The summed E-state index contributed by atoms with van der Waals surface area (Å²) in [6.07, 6.45) is 8.67. The third-order valence-corrected chi connectivity index (χ3v) is 5.24. The molecule has 13 heavy (non-hydrogen) atoms. The van der Waals surface area contributed by atoms with E-state index in [0.717, 1.165) is 13.1 Å². The molecule has 73 valence electrons. The molecule has 0 fully saturated rings. The van der Waals surface area contributed by atoms with E-state index in [0.29, 0.717) is 0 Å². The van der Waals surface area contributed by atoms with Crippen molar-refractivity contribution in [2.45, 2.75) is 13.1 Å². The Morgan fingerprint density at radius 2 is 2.00 bits per heavy atom. The second-order valence-electron chi connectivity index (χ2n) is 3.83. The molecule has 0 spiro atoms. The fraction of sp³-hybridized carbons (Fsp3) is 0.500. The van der Waals surface area contributed by atoms with Crippen molar-refractivity contribution in [3.05, 3.63) is 29.8 Å². The Balaban J connectivity index is 2.36. The van der Waals surface area contributed by atoms with Gasteiger partial charge >= 0.3 is 0 Å². The van der Waals surface area contributed by atoms with Crippen LogP contribution in [0, 0.1) is 6.42 Å². The van der Waals surface area contributed by atoms with Gasteiger partial charge in [-0.3, -0.25) is 0 Å². The van der Waals surface area contributed by atoms with Crippen LogP contribution in [0.2, 0.25) is 13.1 Å². The average Bonchev–Trinajstić information content (AvgIpc) is 2.56. The Bertz CT molecular complexity index is 219. The summed E-state index contributed by atoms with van der Waals surface area (Å²) in [4.78, 5) is 3.64. The molecule has 1 aliphatic carbocycles. The molecule has 1 rings (SSSR count). The quantitative estimate of drug-likeness (QED) is 0.509. The molecule has 0 bridgehead atoms. The SMILES string of the molecule is CNCCN[Si](C)(C)C1=CC=C[CH]1. The van der Waals surface area contributed by atoms with Gasteiger partial charge in [0, 0.05) is 19.5 Å². The maximum Gasteiger partial charge on any atom is 0.148 e. The third kappa shape index (κ3) is 3.10. The van der Waals surface area contributed by atoms with Crippen LogP contribution in [-0.2, 0) is 0 Å². The van der Waals surface area contributed by atoms with Gasteiger partial charge in [-0.05, 0) is 7.05 Å². The highest BCUT2D eigenvalue weighted by atomic mass is 28.3. The largest absolute Gasteiger partial charge is 0.333 e. The summed E-state index contributed by atoms with van der Waals surface area (Å²) < 4.78 is 0. The maximum absolute atomic E-state index is 3.64. The van der Waals surface area contributed by atoms with Crippen LogP contribution >= 0.6 is 0 Å². The molecule has 0 aliphatic heterocycles. The molecule has 0 heterocycles. The summed E-state index contributed by atoms with van der Waals surface area (Å²) >= 11 is 0. The van der Waals surface area contributed by atoms with Crippen LogP contribution in [0.5, 0.6) is 0 Å². The topological polar surface area (TPSA) is 24.1 Å². The second kappa shape index (κ2) is 4.74. The smallest absolute Gasteiger partial charge is 0.148 e. The van der Waals surface area contributed by atoms with Crippen molar-refractivity contribution in [2.24, 2.45) is 0 Å². The number of hydrogen-bond donors (Lipinski definition) is 2. The van der Waals surface area contributed by atoms with Crippen LogP contribution in [0.25, 0.3) is 0 Å². The fourth-order valence-corrected chi connectivity index (χ4v) is 3.37. The van der Waals surface area contributed by atoms with E-state index in [9.17, 15) is 0 Å². The van der Waals surface area contributed by atoms with E-state index in [1.54, 1.807) is 0 Å². The molecule has 0 unspecified atom stereocenters. The molecule has 2 N–H and O–H groups in total. The second-order valence-corrected chi connectivity index (χ2v) is 8.01. The van der Waals surface area contributed by atoms with Gasteiger partial charge in [0.25, 0.3) is 0 Å². The molecule has 0 aromatic heterocycles. The summed E-state index contributed by atoms with van der Waals surface area (Å²) in [5.41, 5.74) is 0. The van der Waals surface area contributed by atoms with Gasteiger partial charge in [0.15, 0.2) is 0 Å². The molecule has 0 aromatic carbocycles. The Morgan fingerprint density at radius 3 is 2.54 bits per heavy atom. The van der Waals surface area contributed by atoms with Crippen molar-refractivity contribution in [3.8, 4) is 0 Å². The van der Waals surface area contributed by atoms with Crippen LogP contribution in [0.1, 0.15) is 0 Å². The zero-order chi connectivity index (χ0) is 9.73. The molecule has 0 saturated carbocycles. The minimum absolute atomic E-state index is 1.04. The lowest BCUT2D eigenvalue weighted by molar-refractivity contribution is 0.758. The van der Waals surface area contributed by atoms with E-state index in [4.69, 9.17) is 0 Å². The van der Waals surface area contributed by atoms with Crippen LogP contribution in [0.4, 0.5) is 0 Å². The Morgan fingerprint density at radius 1 is 1.23 bits per heavy atom. The lowest BCUT2D eigenvalue weighted by Gasteiger charge is -2.25. The molecule has 3 heteroatoms. The Kier molecular flexibility index (Phi) is 3.90. The van der Waals surface area contributed by atoms with Gasteiger partial charge in [0.2, 0.25) is 0 Å². The normalized spacial score (nSPS) is 16.4. The predicted molar refractivity (Wildman–Crippen MR) is 60.9 cm³/mol. The number of allylic oxidation sites excluding steroid dienone is 4. The van der Waals surface area contributed by atoms with Gasteiger partial charge in [-0.25, -0.2) is 0 Å². The Labute approximate surface area is 82.2 Å². The van der Waals surface area contributed by atoms with Crippen LogP contribution in [-0.4, -0.2) is 28.4 Å². The van der Waals surface area contributed by atoms with Gasteiger partial charge in [-0.1, -0.05) is 36.5 Å². The average molecular weight is 195 g/mol. The first-order chi connectivity index (χ1) is 6.17. The monoisotopic (exact) mass is 195 g/mol. The van der Waals surface area contributed by atoms with Crippen molar-refractivity contribution < 1.29 is 0 Å². The highest BCUT2D eigenvalue weighted by Crippen LogP contribution is 2.19. The molecule has 1 aliphatic rings. The summed E-state index contributed by atoms with van der Waals surface area (Å²) in [7, 11) is 0.630. The lowest BCUT2D eigenvalue weighted by atomic mass is 10.5. The first-order valence-electron chi connectivity index (χ1n) is 4.78. The zero-order valence-corrected chi connectivity index (χ0v) is 9.72. The summed E-state index contributed by atoms with van der Waals surface area (Å²) in [6.45, 7) is 6.79. The molecule has 1 radical (unpaired) electrons. The zero-order valence-electron chi connectivity index (χ0n) is 8.72. The van der Waals surface area contributed by atoms with Crippen molar-refractivity contribution in [3.63, 3.8) is 0 Å². The van der Waals surface area contributed by atoms with Gasteiger partial charge < -0.3 is 10.3 Å². The first kappa shape index (κ1) is 10.7. The number of hydrogen-bond acceptors (Lipinski definition) is 2. The van der Waals surface area contributed by atoms with E-state index in [1.165, 1.54) is 5.20 Å². The molecule has 0 aromatic rings. The highest BCUT2D eigenvalue weighted by molar-refractivity contribution is 6.82. The number of likely N-dealkylation sites (N-methyl/N-ethyl adjacent to an activating group) is 1. The van der Waals surface area contributed by atoms with E-state index in [-0.39, 0.29) is 0 Å². The number of nitrogens with one attached hydrogen (secondary N) is 2. The van der Waals surface area contributed by atoms with E-state index in [1.807, 2.05) is 7.05 Å². The first-order valence-corrected chi connectivity index (χ1v) is 7.78. The van der Waals surface area contributed by atoms with E-state index in [2.05, 4.69) is 48.0 Å². The summed E-state index contributed by atoms with van der Waals surface area (Å²) in [6, 6.07) is 0. The maximum atomic E-state index is 3.64. The van der Waals surface area contributed by atoms with Gasteiger partial charge in [0.1, 0.15) is 8.24 Å². The minimum atomic E-state index is -1.35. The van der Waals surface area contributed by atoms with E-state index >= 15 is 0 Å². The fourth-order valence-electron chi connectivity index (χ4n) is 1.39. The van der Waals surface area contributed by atoms with Crippen molar-refractivity contribution in [1.29, 1.82) is 0 Å². The molecule has 2 nitrogen and oxygen atoms in total.